The van der Waals surface area contributed by atoms with Crippen molar-refractivity contribution in [2.75, 3.05) is 46.6 Å². The summed E-state index contributed by atoms with van der Waals surface area (Å²) in [4.78, 5) is 6.87. The molecule has 2 saturated heterocycles. The summed E-state index contributed by atoms with van der Waals surface area (Å²) in [5.74, 6) is 1.72. The molecule has 2 heterocycles. The molecule has 0 aliphatic carbocycles. The number of aryl methyl sites for hydroxylation is 1. The quantitative estimate of drug-likeness (QED) is 0.499. The molecule has 168 valence electrons. The maximum Gasteiger partial charge on any atom is 0.191 e. The van der Waals surface area contributed by atoms with E-state index >= 15 is 0 Å². The van der Waals surface area contributed by atoms with Crippen LogP contribution in [0.1, 0.15) is 37.8 Å². The summed E-state index contributed by atoms with van der Waals surface area (Å²) in [6.45, 7) is 12.1. The highest BCUT2D eigenvalue weighted by Crippen LogP contribution is 2.22. The second-order valence-electron chi connectivity index (χ2n) is 8.37. The van der Waals surface area contributed by atoms with Crippen molar-refractivity contribution in [3.63, 3.8) is 0 Å². The molecule has 7 nitrogen and oxygen atoms in total. The van der Waals surface area contributed by atoms with Crippen LogP contribution >= 0.6 is 0 Å². The maximum atomic E-state index is 6.11. The highest BCUT2D eigenvalue weighted by atomic mass is 16.5. The lowest BCUT2D eigenvalue weighted by Gasteiger charge is -2.38. The molecule has 1 aromatic carbocycles. The Balaban J connectivity index is 1.50. The van der Waals surface area contributed by atoms with Crippen molar-refractivity contribution in [2.24, 2.45) is 4.99 Å². The van der Waals surface area contributed by atoms with Crippen molar-refractivity contribution in [3.05, 3.63) is 29.3 Å². The molecule has 3 atom stereocenters. The molecule has 7 heteroatoms. The van der Waals surface area contributed by atoms with E-state index in [9.17, 15) is 0 Å². The number of nitrogens with zero attached hydrogens (tertiary/aromatic N) is 2. The first-order valence-electron chi connectivity index (χ1n) is 11.2. The molecule has 0 aromatic heterocycles. The van der Waals surface area contributed by atoms with E-state index in [1.54, 1.807) is 7.05 Å². The van der Waals surface area contributed by atoms with E-state index in [1.807, 2.05) is 0 Å². The summed E-state index contributed by atoms with van der Waals surface area (Å²) in [5, 5.41) is 6.89. The summed E-state index contributed by atoms with van der Waals surface area (Å²) >= 11 is 0. The van der Waals surface area contributed by atoms with Crippen molar-refractivity contribution in [1.82, 2.24) is 15.5 Å². The average Bonchev–Trinajstić information content (AvgIpc) is 3.27. The minimum Gasteiger partial charge on any atom is -0.491 e. The molecule has 2 N–H and O–H groups in total. The molecule has 0 radical (unpaired) electrons. The van der Waals surface area contributed by atoms with E-state index in [0.29, 0.717) is 25.2 Å². The fraction of sp³-hybridized carbons (Fsp3) is 0.696. The fourth-order valence-corrected chi connectivity index (χ4v) is 4.06. The Morgan fingerprint density at radius 2 is 2.20 bits per heavy atom. The third kappa shape index (κ3) is 6.59. The van der Waals surface area contributed by atoms with Gasteiger partial charge in [0, 0.05) is 50.9 Å². The number of benzene rings is 1. The van der Waals surface area contributed by atoms with Gasteiger partial charge in [-0.15, -0.1) is 0 Å². The van der Waals surface area contributed by atoms with Gasteiger partial charge in [-0.05, 0) is 45.2 Å². The third-order valence-corrected chi connectivity index (χ3v) is 5.89. The predicted molar refractivity (Wildman–Crippen MR) is 120 cm³/mol. The van der Waals surface area contributed by atoms with Crippen LogP contribution in [-0.4, -0.2) is 75.6 Å². The van der Waals surface area contributed by atoms with Crippen LogP contribution in [-0.2, 0) is 16.0 Å². The van der Waals surface area contributed by atoms with Gasteiger partial charge in [0.1, 0.15) is 12.4 Å². The maximum absolute atomic E-state index is 6.11. The average molecular weight is 419 g/mol. The normalized spacial score (nSPS) is 23.9. The summed E-state index contributed by atoms with van der Waals surface area (Å²) in [6.07, 6.45) is 2.42. The number of nitrogens with one attached hydrogen (secondary N) is 2. The first-order chi connectivity index (χ1) is 14.6. The molecule has 0 spiro atoms. The fourth-order valence-electron chi connectivity index (χ4n) is 4.06. The van der Waals surface area contributed by atoms with Gasteiger partial charge in [0.05, 0.1) is 19.3 Å². The SMILES string of the molecule is CN=C(NCc1ccc(C)cc1OCC1CCCO1)NCC(C)N1CCOCC1C. The third-order valence-electron chi connectivity index (χ3n) is 5.89. The number of hydrogen-bond donors (Lipinski definition) is 2. The largest absolute Gasteiger partial charge is 0.491 e. The molecule has 2 aliphatic rings. The van der Waals surface area contributed by atoms with Crippen molar-refractivity contribution >= 4 is 5.96 Å². The van der Waals surface area contributed by atoms with E-state index in [4.69, 9.17) is 14.2 Å². The molecular formula is C23H38N4O3. The Morgan fingerprint density at radius 3 is 2.93 bits per heavy atom. The van der Waals surface area contributed by atoms with Crippen LogP contribution in [0.4, 0.5) is 0 Å². The van der Waals surface area contributed by atoms with Gasteiger partial charge in [-0.3, -0.25) is 9.89 Å². The highest BCUT2D eigenvalue weighted by molar-refractivity contribution is 5.79. The summed E-state index contributed by atoms with van der Waals surface area (Å²) in [7, 11) is 1.81. The molecule has 0 bridgehead atoms. The number of guanidine groups is 1. The molecule has 3 unspecified atom stereocenters. The van der Waals surface area contributed by atoms with Gasteiger partial charge in [0.15, 0.2) is 5.96 Å². The smallest absolute Gasteiger partial charge is 0.191 e. The Hall–Kier alpha value is -1.83. The van der Waals surface area contributed by atoms with Crippen molar-refractivity contribution in [1.29, 1.82) is 0 Å². The second-order valence-corrected chi connectivity index (χ2v) is 8.37. The Morgan fingerprint density at radius 1 is 1.33 bits per heavy atom. The molecule has 1 aromatic rings. The highest BCUT2D eigenvalue weighted by Gasteiger charge is 2.23. The minimum atomic E-state index is 0.213. The zero-order valence-corrected chi connectivity index (χ0v) is 18.9. The first-order valence-corrected chi connectivity index (χ1v) is 11.2. The van der Waals surface area contributed by atoms with Gasteiger partial charge >= 0.3 is 0 Å². The molecular weight excluding hydrogens is 380 g/mol. The molecule has 2 fully saturated rings. The summed E-state index contributed by atoms with van der Waals surface area (Å²) in [5.41, 5.74) is 2.31. The van der Waals surface area contributed by atoms with Crippen LogP contribution in [0.25, 0.3) is 0 Å². The number of aliphatic imine (C=N–C) groups is 1. The van der Waals surface area contributed by atoms with E-state index in [-0.39, 0.29) is 6.10 Å². The lowest BCUT2D eigenvalue weighted by molar-refractivity contribution is -0.0174. The van der Waals surface area contributed by atoms with Crippen molar-refractivity contribution < 1.29 is 14.2 Å². The number of ether oxygens (including phenoxy) is 3. The van der Waals surface area contributed by atoms with Gasteiger partial charge in [0.25, 0.3) is 0 Å². The van der Waals surface area contributed by atoms with Gasteiger partial charge in [0.2, 0.25) is 0 Å². The number of morpholine rings is 1. The van der Waals surface area contributed by atoms with Crippen LogP contribution in [0, 0.1) is 6.92 Å². The Bertz CT molecular complexity index is 691. The van der Waals surface area contributed by atoms with E-state index < -0.39 is 0 Å². The topological polar surface area (TPSA) is 67.4 Å². The van der Waals surface area contributed by atoms with Gasteiger partial charge in [-0.1, -0.05) is 12.1 Å². The summed E-state index contributed by atoms with van der Waals surface area (Å²) < 4.78 is 17.4. The monoisotopic (exact) mass is 418 g/mol. The minimum absolute atomic E-state index is 0.213. The molecule has 2 aliphatic heterocycles. The number of hydrogen-bond acceptors (Lipinski definition) is 5. The van der Waals surface area contributed by atoms with Gasteiger partial charge in [-0.2, -0.15) is 0 Å². The Labute approximate surface area is 181 Å². The van der Waals surface area contributed by atoms with Crippen LogP contribution in [0.3, 0.4) is 0 Å². The van der Waals surface area contributed by atoms with Crippen LogP contribution in [0.5, 0.6) is 5.75 Å². The van der Waals surface area contributed by atoms with Crippen molar-refractivity contribution in [2.45, 2.75) is 58.3 Å². The van der Waals surface area contributed by atoms with Gasteiger partial charge in [-0.25, -0.2) is 0 Å². The lowest BCUT2D eigenvalue weighted by atomic mass is 10.1. The standard InChI is InChI=1S/C23H38N4O3/c1-17-7-8-20(22(12-17)30-16-21-6-5-10-29-21)14-26-23(24-4)25-13-18(2)27-9-11-28-15-19(27)3/h7-8,12,18-19,21H,5-6,9-11,13-16H2,1-4H3,(H2,24,25,26). The predicted octanol–water partition coefficient (Wildman–Crippen LogP) is 2.33. The molecule has 30 heavy (non-hydrogen) atoms. The van der Waals surface area contributed by atoms with E-state index in [2.05, 4.69) is 59.5 Å². The first kappa shape index (κ1) is 22.8. The molecule has 0 saturated carbocycles. The van der Waals surface area contributed by atoms with Crippen LogP contribution in [0.15, 0.2) is 23.2 Å². The molecule has 0 amide bonds. The molecule has 3 rings (SSSR count). The van der Waals surface area contributed by atoms with Crippen LogP contribution in [0.2, 0.25) is 0 Å². The lowest BCUT2D eigenvalue weighted by Crippen LogP contribution is -2.52. The zero-order chi connectivity index (χ0) is 21.3. The second kappa shape index (κ2) is 11.5. The van der Waals surface area contributed by atoms with Crippen LogP contribution < -0.4 is 15.4 Å². The zero-order valence-electron chi connectivity index (χ0n) is 18.9. The Kier molecular flexibility index (Phi) is 8.78. The number of rotatable bonds is 8. The van der Waals surface area contributed by atoms with Gasteiger partial charge < -0.3 is 24.8 Å². The van der Waals surface area contributed by atoms with E-state index in [0.717, 1.165) is 63.0 Å². The van der Waals surface area contributed by atoms with Crippen molar-refractivity contribution in [3.8, 4) is 5.75 Å². The summed E-state index contributed by atoms with van der Waals surface area (Å²) in [6, 6.07) is 7.20. The van der Waals surface area contributed by atoms with E-state index in [1.165, 1.54) is 5.56 Å².